The Hall–Kier alpha value is -1.76. The SMILES string of the molecule is CC(C)CC(Cn1nnnc1-c1ccccc1Br)C(=O)O. The highest BCUT2D eigenvalue weighted by Gasteiger charge is 2.22. The first-order valence-corrected chi connectivity index (χ1v) is 7.52. The van der Waals surface area contributed by atoms with E-state index < -0.39 is 11.9 Å². The Morgan fingerprint density at radius 1 is 1.38 bits per heavy atom. The normalized spacial score (nSPS) is 12.6. The zero-order valence-electron chi connectivity index (χ0n) is 11.9. The first-order chi connectivity index (χ1) is 9.99. The van der Waals surface area contributed by atoms with Crippen molar-refractivity contribution in [1.82, 2.24) is 20.2 Å². The maximum atomic E-state index is 11.4. The molecule has 1 N–H and O–H groups in total. The van der Waals surface area contributed by atoms with Gasteiger partial charge in [-0.1, -0.05) is 41.9 Å². The number of hydrogen-bond acceptors (Lipinski definition) is 4. The number of aromatic nitrogens is 4. The maximum absolute atomic E-state index is 11.4. The highest BCUT2D eigenvalue weighted by molar-refractivity contribution is 9.10. The number of tetrazole rings is 1. The van der Waals surface area contributed by atoms with Gasteiger partial charge in [-0.3, -0.25) is 4.79 Å². The second kappa shape index (κ2) is 6.80. The lowest BCUT2D eigenvalue weighted by atomic mass is 9.97. The van der Waals surface area contributed by atoms with Gasteiger partial charge in [0.25, 0.3) is 0 Å². The van der Waals surface area contributed by atoms with Crippen molar-refractivity contribution in [3.8, 4) is 11.4 Å². The van der Waals surface area contributed by atoms with Crippen molar-refractivity contribution in [2.75, 3.05) is 0 Å². The summed E-state index contributed by atoms with van der Waals surface area (Å²) in [5.41, 5.74) is 0.844. The van der Waals surface area contributed by atoms with Crippen LogP contribution in [0.2, 0.25) is 0 Å². The fourth-order valence-electron chi connectivity index (χ4n) is 2.19. The largest absolute Gasteiger partial charge is 0.481 e. The van der Waals surface area contributed by atoms with Gasteiger partial charge in [0.15, 0.2) is 5.82 Å². The minimum atomic E-state index is -0.822. The van der Waals surface area contributed by atoms with Crippen molar-refractivity contribution in [3.63, 3.8) is 0 Å². The second-order valence-electron chi connectivity index (χ2n) is 5.33. The van der Waals surface area contributed by atoms with Gasteiger partial charge in [0, 0.05) is 10.0 Å². The summed E-state index contributed by atoms with van der Waals surface area (Å²) in [5.74, 6) is -0.459. The number of carboxylic acids is 1. The first-order valence-electron chi connectivity index (χ1n) is 6.73. The Kier molecular flexibility index (Phi) is 5.06. The number of halogens is 1. The zero-order chi connectivity index (χ0) is 15.4. The molecule has 0 aliphatic heterocycles. The Bertz CT molecular complexity index is 627. The molecule has 0 radical (unpaired) electrons. The van der Waals surface area contributed by atoms with Crippen LogP contribution in [0.25, 0.3) is 11.4 Å². The minimum Gasteiger partial charge on any atom is -0.481 e. The van der Waals surface area contributed by atoms with Gasteiger partial charge in [-0.2, -0.15) is 0 Å². The van der Waals surface area contributed by atoms with E-state index in [4.69, 9.17) is 0 Å². The van der Waals surface area contributed by atoms with Gasteiger partial charge < -0.3 is 5.11 Å². The van der Waals surface area contributed by atoms with Crippen LogP contribution >= 0.6 is 15.9 Å². The second-order valence-corrected chi connectivity index (χ2v) is 6.18. The van der Waals surface area contributed by atoms with Crippen LogP contribution in [0.1, 0.15) is 20.3 Å². The summed E-state index contributed by atoms with van der Waals surface area (Å²) < 4.78 is 2.43. The van der Waals surface area contributed by atoms with Crippen LogP contribution in [0.5, 0.6) is 0 Å². The zero-order valence-corrected chi connectivity index (χ0v) is 13.5. The Balaban J connectivity index is 2.28. The average Bonchev–Trinajstić information content (AvgIpc) is 2.86. The predicted molar refractivity (Wildman–Crippen MR) is 81.5 cm³/mol. The Morgan fingerprint density at radius 2 is 2.10 bits per heavy atom. The third-order valence-corrected chi connectivity index (χ3v) is 3.84. The van der Waals surface area contributed by atoms with E-state index in [0.29, 0.717) is 18.2 Å². The molecule has 21 heavy (non-hydrogen) atoms. The molecule has 1 unspecified atom stereocenters. The fraction of sp³-hybridized carbons (Fsp3) is 0.429. The fourth-order valence-corrected chi connectivity index (χ4v) is 2.66. The number of nitrogens with zero attached hydrogens (tertiary/aromatic N) is 4. The van der Waals surface area contributed by atoms with Crippen LogP contribution in [0.4, 0.5) is 0 Å². The summed E-state index contributed by atoms with van der Waals surface area (Å²) >= 11 is 3.46. The molecule has 1 aromatic carbocycles. The van der Waals surface area contributed by atoms with Crippen LogP contribution < -0.4 is 0 Å². The highest BCUT2D eigenvalue weighted by atomic mass is 79.9. The summed E-state index contributed by atoms with van der Waals surface area (Å²) in [6.07, 6.45) is 0.588. The molecule has 0 spiro atoms. The van der Waals surface area contributed by atoms with E-state index in [2.05, 4.69) is 31.5 Å². The number of aliphatic carboxylic acids is 1. The lowest BCUT2D eigenvalue weighted by Gasteiger charge is -2.15. The molecule has 1 aromatic heterocycles. The topological polar surface area (TPSA) is 80.9 Å². The van der Waals surface area contributed by atoms with E-state index >= 15 is 0 Å². The molecule has 2 rings (SSSR count). The summed E-state index contributed by atoms with van der Waals surface area (Å²) in [7, 11) is 0. The molecule has 0 aliphatic rings. The van der Waals surface area contributed by atoms with E-state index in [1.807, 2.05) is 38.1 Å². The van der Waals surface area contributed by atoms with E-state index in [1.54, 1.807) is 4.68 Å². The van der Waals surface area contributed by atoms with Crippen molar-refractivity contribution < 1.29 is 9.90 Å². The van der Waals surface area contributed by atoms with E-state index in [-0.39, 0.29) is 6.54 Å². The van der Waals surface area contributed by atoms with Gasteiger partial charge in [0.2, 0.25) is 0 Å². The maximum Gasteiger partial charge on any atom is 0.308 e. The molecular formula is C14H17BrN4O2. The van der Waals surface area contributed by atoms with Crippen molar-refractivity contribution in [2.24, 2.45) is 11.8 Å². The first kappa shape index (κ1) is 15.6. The van der Waals surface area contributed by atoms with Gasteiger partial charge in [0.1, 0.15) is 0 Å². The monoisotopic (exact) mass is 352 g/mol. The molecular weight excluding hydrogens is 336 g/mol. The quantitative estimate of drug-likeness (QED) is 0.864. The van der Waals surface area contributed by atoms with Gasteiger partial charge in [0.05, 0.1) is 12.5 Å². The third-order valence-electron chi connectivity index (χ3n) is 3.15. The molecule has 0 fully saturated rings. The molecule has 1 atom stereocenters. The van der Waals surface area contributed by atoms with Crippen molar-refractivity contribution in [1.29, 1.82) is 0 Å². The number of carbonyl (C=O) groups is 1. The van der Waals surface area contributed by atoms with Crippen LogP contribution in [0.15, 0.2) is 28.7 Å². The molecule has 112 valence electrons. The third kappa shape index (κ3) is 3.87. The van der Waals surface area contributed by atoms with Crippen molar-refractivity contribution in [2.45, 2.75) is 26.8 Å². The molecule has 0 saturated heterocycles. The van der Waals surface area contributed by atoms with Gasteiger partial charge in [-0.25, -0.2) is 4.68 Å². The number of carboxylic acid groups (broad SMARTS) is 1. The van der Waals surface area contributed by atoms with Crippen LogP contribution in [-0.4, -0.2) is 31.3 Å². The minimum absolute atomic E-state index is 0.261. The van der Waals surface area contributed by atoms with Gasteiger partial charge in [-0.15, -0.1) is 5.10 Å². The summed E-state index contributed by atoms with van der Waals surface area (Å²) in [6, 6.07) is 7.59. The Labute approximate surface area is 131 Å². The van der Waals surface area contributed by atoms with Crippen LogP contribution in [0, 0.1) is 11.8 Å². The molecule has 0 bridgehead atoms. The van der Waals surface area contributed by atoms with Gasteiger partial charge in [-0.05, 0) is 34.9 Å². The van der Waals surface area contributed by atoms with Crippen LogP contribution in [-0.2, 0) is 11.3 Å². The Morgan fingerprint density at radius 3 is 2.71 bits per heavy atom. The molecule has 0 amide bonds. The molecule has 0 saturated carbocycles. The predicted octanol–water partition coefficient (Wildman–Crippen LogP) is 2.85. The summed E-state index contributed by atoms with van der Waals surface area (Å²) in [5, 5.41) is 21.0. The number of rotatable bonds is 6. The summed E-state index contributed by atoms with van der Waals surface area (Å²) in [4.78, 5) is 11.4. The number of benzene rings is 1. The lowest BCUT2D eigenvalue weighted by Crippen LogP contribution is -2.23. The van der Waals surface area contributed by atoms with E-state index in [0.717, 1.165) is 10.0 Å². The lowest BCUT2D eigenvalue weighted by molar-refractivity contribution is -0.142. The smallest absolute Gasteiger partial charge is 0.308 e. The molecule has 0 aliphatic carbocycles. The van der Waals surface area contributed by atoms with Crippen LogP contribution in [0.3, 0.4) is 0 Å². The van der Waals surface area contributed by atoms with Gasteiger partial charge >= 0.3 is 5.97 Å². The molecule has 7 heteroatoms. The molecule has 6 nitrogen and oxygen atoms in total. The van der Waals surface area contributed by atoms with E-state index in [9.17, 15) is 9.90 Å². The van der Waals surface area contributed by atoms with Crippen molar-refractivity contribution in [3.05, 3.63) is 28.7 Å². The summed E-state index contributed by atoms with van der Waals surface area (Å²) in [6.45, 7) is 4.27. The number of hydrogen-bond donors (Lipinski definition) is 1. The van der Waals surface area contributed by atoms with E-state index in [1.165, 1.54) is 0 Å². The molecule has 1 heterocycles. The molecule has 2 aromatic rings. The van der Waals surface area contributed by atoms with Crippen molar-refractivity contribution >= 4 is 21.9 Å². The highest BCUT2D eigenvalue weighted by Crippen LogP contribution is 2.26. The average molecular weight is 353 g/mol. The standard InChI is InChI=1S/C14H17BrN4O2/c1-9(2)7-10(14(20)21)8-19-13(16-17-18-19)11-5-3-4-6-12(11)15/h3-6,9-10H,7-8H2,1-2H3,(H,20,21).